The minimum Gasteiger partial charge on any atom is -0.486 e. The largest absolute Gasteiger partial charge is 0.486 e. The molecule has 1 N–H and O–H groups in total. The molecular weight excluding hydrogens is 399 g/mol. The Hall–Kier alpha value is -3.49. The molecule has 0 fully saturated rings. The van der Waals surface area contributed by atoms with E-state index in [1.54, 1.807) is 30.3 Å². The van der Waals surface area contributed by atoms with Crippen molar-refractivity contribution in [3.8, 4) is 17.2 Å². The van der Waals surface area contributed by atoms with Crippen LogP contribution < -0.4 is 14.8 Å². The number of hydrogen-bond acceptors (Lipinski definition) is 4. The zero-order chi connectivity index (χ0) is 21.3. The van der Waals surface area contributed by atoms with Crippen molar-refractivity contribution in [2.45, 2.75) is 19.6 Å². The maximum atomic E-state index is 13.8. The molecule has 9 heteroatoms. The molecule has 0 saturated heterocycles. The predicted octanol–water partition coefficient (Wildman–Crippen LogP) is 3.90. The lowest BCUT2D eigenvalue weighted by atomic mass is 10.1. The quantitative estimate of drug-likeness (QED) is 0.699. The van der Waals surface area contributed by atoms with Gasteiger partial charge in [-0.25, -0.2) is 4.68 Å². The summed E-state index contributed by atoms with van der Waals surface area (Å²) in [6.07, 6.45) is -3.84. The number of ether oxygens (including phenoxy) is 2. The predicted molar refractivity (Wildman–Crippen MR) is 102 cm³/mol. The van der Waals surface area contributed by atoms with E-state index in [-0.39, 0.29) is 12.2 Å². The first-order chi connectivity index (χ1) is 14.3. The Morgan fingerprint density at radius 1 is 1.13 bits per heavy atom. The van der Waals surface area contributed by atoms with Crippen LogP contribution in [0.2, 0.25) is 0 Å². The fraction of sp³-hybridized carbons (Fsp3) is 0.238. The molecule has 0 spiro atoms. The van der Waals surface area contributed by atoms with Crippen molar-refractivity contribution in [2.24, 2.45) is 0 Å². The van der Waals surface area contributed by atoms with Crippen LogP contribution in [0, 0.1) is 6.92 Å². The number of halogens is 3. The summed E-state index contributed by atoms with van der Waals surface area (Å²) in [6, 6.07) is 11.6. The Kier molecular flexibility index (Phi) is 5.11. The number of alkyl halides is 3. The van der Waals surface area contributed by atoms with Gasteiger partial charge in [0.15, 0.2) is 17.2 Å². The first-order valence-corrected chi connectivity index (χ1v) is 9.22. The van der Waals surface area contributed by atoms with E-state index >= 15 is 0 Å². The van der Waals surface area contributed by atoms with E-state index in [2.05, 4.69) is 10.4 Å². The molecule has 0 aliphatic carbocycles. The normalized spacial score (nSPS) is 13.2. The van der Waals surface area contributed by atoms with E-state index in [9.17, 15) is 18.0 Å². The lowest BCUT2D eigenvalue weighted by molar-refractivity contribution is -0.143. The summed E-state index contributed by atoms with van der Waals surface area (Å²) in [4.78, 5) is 12.6. The Morgan fingerprint density at radius 2 is 1.87 bits per heavy atom. The van der Waals surface area contributed by atoms with E-state index in [0.29, 0.717) is 30.3 Å². The van der Waals surface area contributed by atoms with E-state index in [1.165, 1.54) is 12.1 Å². The van der Waals surface area contributed by atoms with Gasteiger partial charge in [0, 0.05) is 12.1 Å². The average molecular weight is 417 g/mol. The van der Waals surface area contributed by atoms with Gasteiger partial charge in [-0.05, 0) is 25.1 Å². The third-order valence-corrected chi connectivity index (χ3v) is 4.65. The van der Waals surface area contributed by atoms with Crippen LogP contribution >= 0.6 is 0 Å². The SMILES string of the molecule is Cc1ccc(-n2ncc(C(=O)NCc3cccc4c3OCCO4)c2C(F)(F)F)cc1. The zero-order valence-electron chi connectivity index (χ0n) is 16.0. The van der Waals surface area contributed by atoms with Crippen LogP contribution in [-0.2, 0) is 12.7 Å². The third kappa shape index (κ3) is 3.83. The number of nitrogens with zero attached hydrogens (tertiary/aromatic N) is 2. The summed E-state index contributed by atoms with van der Waals surface area (Å²) >= 11 is 0. The number of aromatic nitrogens is 2. The van der Waals surface area contributed by atoms with Gasteiger partial charge in [-0.3, -0.25) is 4.79 Å². The van der Waals surface area contributed by atoms with Crippen LogP contribution in [0.4, 0.5) is 13.2 Å². The molecular formula is C21H18F3N3O3. The highest BCUT2D eigenvalue weighted by molar-refractivity contribution is 5.95. The van der Waals surface area contributed by atoms with Crippen LogP contribution in [-0.4, -0.2) is 28.9 Å². The van der Waals surface area contributed by atoms with Gasteiger partial charge in [-0.15, -0.1) is 0 Å². The second kappa shape index (κ2) is 7.74. The van der Waals surface area contributed by atoms with E-state index in [0.717, 1.165) is 16.4 Å². The highest BCUT2D eigenvalue weighted by atomic mass is 19.4. The lowest BCUT2D eigenvalue weighted by Gasteiger charge is -2.21. The molecule has 0 atom stereocenters. The van der Waals surface area contributed by atoms with Gasteiger partial charge >= 0.3 is 6.18 Å². The van der Waals surface area contributed by atoms with Crippen molar-refractivity contribution in [1.29, 1.82) is 0 Å². The molecule has 156 valence electrons. The van der Waals surface area contributed by atoms with Gasteiger partial charge in [0.2, 0.25) is 0 Å². The van der Waals surface area contributed by atoms with Gasteiger partial charge in [0.25, 0.3) is 5.91 Å². The molecule has 30 heavy (non-hydrogen) atoms. The van der Waals surface area contributed by atoms with Crippen molar-refractivity contribution < 1.29 is 27.4 Å². The Balaban J connectivity index is 1.61. The minimum atomic E-state index is -4.77. The van der Waals surface area contributed by atoms with Crippen molar-refractivity contribution in [3.63, 3.8) is 0 Å². The van der Waals surface area contributed by atoms with Gasteiger partial charge in [0.1, 0.15) is 13.2 Å². The monoisotopic (exact) mass is 417 g/mol. The number of aryl methyl sites for hydroxylation is 1. The lowest BCUT2D eigenvalue weighted by Crippen LogP contribution is -2.27. The standard InChI is InChI=1S/C21H18F3N3O3/c1-13-5-7-15(8-6-13)27-19(21(22,23)24)16(12-26-27)20(28)25-11-14-3-2-4-17-18(14)30-10-9-29-17/h2-8,12H,9-11H2,1H3,(H,25,28). The molecule has 6 nitrogen and oxygen atoms in total. The number of benzene rings is 2. The van der Waals surface area contributed by atoms with Crippen molar-refractivity contribution in [3.05, 3.63) is 71.0 Å². The first-order valence-electron chi connectivity index (χ1n) is 9.22. The summed E-state index contributed by atoms with van der Waals surface area (Å²) in [7, 11) is 0. The van der Waals surface area contributed by atoms with Crippen LogP contribution in [0.3, 0.4) is 0 Å². The number of fused-ring (bicyclic) bond motifs is 1. The molecule has 1 aliphatic rings. The summed E-state index contributed by atoms with van der Waals surface area (Å²) < 4.78 is 53.1. The van der Waals surface area contributed by atoms with Crippen LogP contribution in [0.1, 0.15) is 27.2 Å². The summed E-state index contributed by atoms with van der Waals surface area (Å²) in [6.45, 7) is 2.58. The summed E-state index contributed by atoms with van der Waals surface area (Å²) in [5.41, 5.74) is 0.0491. The summed E-state index contributed by atoms with van der Waals surface area (Å²) in [5, 5.41) is 6.34. The second-order valence-electron chi connectivity index (χ2n) is 6.78. The molecule has 3 aromatic rings. The minimum absolute atomic E-state index is 0.0155. The molecule has 1 aromatic heterocycles. The number of nitrogens with one attached hydrogen (secondary N) is 1. The Bertz CT molecular complexity index is 1080. The maximum absolute atomic E-state index is 13.8. The topological polar surface area (TPSA) is 65.4 Å². The molecule has 1 aliphatic heterocycles. The number of amides is 1. The molecule has 1 amide bonds. The first kappa shape index (κ1) is 19.8. The summed E-state index contributed by atoms with van der Waals surface area (Å²) in [5.74, 6) is 0.140. The number of carbonyl (C=O) groups is 1. The maximum Gasteiger partial charge on any atom is 0.434 e. The molecule has 2 heterocycles. The molecule has 0 saturated carbocycles. The van der Waals surface area contributed by atoms with Gasteiger partial charge in [0.05, 0.1) is 17.4 Å². The van der Waals surface area contributed by atoms with Gasteiger partial charge < -0.3 is 14.8 Å². The second-order valence-corrected chi connectivity index (χ2v) is 6.78. The van der Waals surface area contributed by atoms with Crippen molar-refractivity contribution in [1.82, 2.24) is 15.1 Å². The van der Waals surface area contributed by atoms with Crippen molar-refractivity contribution >= 4 is 5.91 Å². The smallest absolute Gasteiger partial charge is 0.434 e. The molecule has 4 rings (SSSR count). The number of rotatable bonds is 4. The molecule has 0 bridgehead atoms. The Morgan fingerprint density at radius 3 is 2.60 bits per heavy atom. The van der Waals surface area contributed by atoms with Gasteiger partial charge in [-0.1, -0.05) is 29.8 Å². The average Bonchev–Trinajstić information content (AvgIpc) is 3.18. The number of carbonyl (C=O) groups excluding carboxylic acids is 1. The fourth-order valence-electron chi connectivity index (χ4n) is 3.21. The van der Waals surface area contributed by atoms with E-state index in [1.807, 2.05) is 6.92 Å². The zero-order valence-corrected chi connectivity index (χ0v) is 16.0. The highest BCUT2D eigenvalue weighted by Gasteiger charge is 2.40. The molecule has 2 aromatic carbocycles. The fourth-order valence-corrected chi connectivity index (χ4v) is 3.21. The molecule has 0 unspecified atom stereocenters. The third-order valence-electron chi connectivity index (χ3n) is 4.65. The van der Waals surface area contributed by atoms with Crippen LogP contribution in [0.5, 0.6) is 11.5 Å². The number of hydrogen-bond donors (Lipinski definition) is 1. The number of para-hydroxylation sites is 1. The van der Waals surface area contributed by atoms with Crippen LogP contribution in [0.15, 0.2) is 48.7 Å². The van der Waals surface area contributed by atoms with Gasteiger partial charge in [-0.2, -0.15) is 18.3 Å². The highest BCUT2D eigenvalue weighted by Crippen LogP contribution is 2.35. The molecule has 0 radical (unpaired) electrons. The van der Waals surface area contributed by atoms with Crippen LogP contribution in [0.25, 0.3) is 5.69 Å². The van der Waals surface area contributed by atoms with Crippen molar-refractivity contribution in [2.75, 3.05) is 13.2 Å². The Labute approximate surface area is 170 Å². The van der Waals surface area contributed by atoms with E-state index in [4.69, 9.17) is 9.47 Å². The van der Waals surface area contributed by atoms with E-state index < -0.39 is 23.3 Å².